The third kappa shape index (κ3) is 5.38. The first-order valence-corrected chi connectivity index (χ1v) is 12.3. The van der Waals surface area contributed by atoms with E-state index in [1.807, 2.05) is 0 Å². The number of oxazole rings is 1. The van der Waals surface area contributed by atoms with Crippen molar-refractivity contribution >= 4 is 45.7 Å². The van der Waals surface area contributed by atoms with E-state index in [0.717, 1.165) is 11.3 Å². The van der Waals surface area contributed by atoms with Gasteiger partial charge in [-0.2, -0.15) is 0 Å². The average molecular weight is 491 g/mol. The Balaban J connectivity index is 1.46. The molecule has 13 heteroatoms. The molecule has 4 rings (SSSR count). The first kappa shape index (κ1) is 23.3. The van der Waals surface area contributed by atoms with Gasteiger partial charge in [0.2, 0.25) is 0 Å². The number of nitrogens with zero attached hydrogens (tertiary/aromatic N) is 1. The molecule has 0 aliphatic carbocycles. The summed E-state index contributed by atoms with van der Waals surface area (Å²) < 4.78 is 44.2. The van der Waals surface area contributed by atoms with Crippen LogP contribution in [0.15, 0.2) is 51.5 Å². The number of anilines is 1. The SMILES string of the molecule is CC(C)(C)OC(=O)NCC1OB(O)c2cc(NS(=O)(=O)c3ccc(-c4cnco4)s3)ccc21. The molecular weight excluding hydrogens is 469 g/mol. The molecule has 1 unspecified atom stereocenters. The number of carbonyl (C=O) groups is 1. The summed E-state index contributed by atoms with van der Waals surface area (Å²) in [6.07, 6.45) is 1.58. The molecule has 3 aromatic rings. The molecule has 33 heavy (non-hydrogen) atoms. The highest BCUT2D eigenvalue weighted by Crippen LogP contribution is 2.32. The molecule has 10 nitrogen and oxygen atoms in total. The fraction of sp³-hybridized carbons (Fsp3) is 0.300. The predicted molar refractivity (Wildman–Crippen MR) is 123 cm³/mol. The molecule has 0 radical (unpaired) electrons. The Morgan fingerprint density at radius 1 is 1.30 bits per heavy atom. The summed E-state index contributed by atoms with van der Waals surface area (Å²) in [5.74, 6) is 0.477. The summed E-state index contributed by atoms with van der Waals surface area (Å²) in [5.41, 5.74) is 0.694. The minimum atomic E-state index is -3.86. The van der Waals surface area contributed by atoms with E-state index in [-0.39, 0.29) is 16.4 Å². The second kappa shape index (κ2) is 8.82. The van der Waals surface area contributed by atoms with Crippen molar-refractivity contribution in [3.8, 4) is 10.6 Å². The van der Waals surface area contributed by atoms with Crippen molar-refractivity contribution in [3.05, 3.63) is 48.5 Å². The van der Waals surface area contributed by atoms with Gasteiger partial charge < -0.3 is 24.1 Å². The third-order valence-corrected chi connectivity index (χ3v) is 7.57. The first-order chi connectivity index (χ1) is 15.5. The number of fused-ring (bicyclic) bond motifs is 1. The average Bonchev–Trinajstić information content (AvgIpc) is 3.45. The fourth-order valence-corrected chi connectivity index (χ4v) is 5.54. The lowest BCUT2D eigenvalue weighted by molar-refractivity contribution is 0.0498. The lowest BCUT2D eigenvalue weighted by atomic mass is 9.79. The number of thiophene rings is 1. The van der Waals surface area contributed by atoms with Crippen molar-refractivity contribution in [2.45, 2.75) is 36.7 Å². The number of hydrogen-bond donors (Lipinski definition) is 3. The summed E-state index contributed by atoms with van der Waals surface area (Å²) in [6, 6.07) is 7.86. The summed E-state index contributed by atoms with van der Waals surface area (Å²) >= 11 is 1.05. The minimum Gasteiger partial charge on any atom is -0.444 e. The van der Waals surface area contributed by atoms with Gasteiger partial charge in [0, 0.05) is 12.2 Å². The van der Waals surface area contributed by atoms with Crippen molar-refractivity contribution in [3.63, 3.8) is 0 Å². The van der Waals surface area contributed by atoms with Gasteiger partial charge in [-0.3, -0.25) is 4.72 Å². The van der Waals surface area contributed by atoms with Crippen LogP contribution in [0.5, 0.6) is 0 Å². The quantitative estimate of drug-likeness (QED) is 0.447. The van der Waals surface area contributed by atoms with E-state index >= 15 is 0 Å². The number of ether oxygens (including phenoxy) is 1. The molecule has 174 valence electrons. The van der Waals surface area contributed by atoms with Crippen LogP contribution < -0.4 is 15.5 Å². The lowest BCUT2D eigenvalue weighted by Crippen LogP contribution is -2.35. The molecule has 1 amide bonds. The number of alkyl carbamates (subject to hydrolysis) is 1. The van der Waals surface area contributed by atoms with Crippen molar-refractivity contribution in [2.75, 3.05) is 11.3 Å². The molecule has 3 N–H and O–H groups in total. The molecule has 1 aliphatic heterocycles. The zero-order chi connectivity index (χ0) is 23.8. The van der Waals surface area contributed by atoms with E-state index in [9.17, 15) is 18.2 Å². The van der Waals surface area contributed by atoms with Gasteiger partial charge in [0.25, 0.3) is 10.0 Å². The second-order valence-corrected chi connectivity index (χ2v) is 11.3. The van der Waals surface area contributed by atoms with Crippen molar-refractivity contribution in [1.29, 1.82) is 0 Å². The van der Waals surface area contributed by atoms with Gasteiger partial charge in [-0.25, -0.2) is 18.2 Å². The molecule has 1 aliphatic rings. The number of hydrogen-bond acceptors (Lipinski definition) is 9. The highest BCUT2D eigenvalue weighted by atomic mass is 32.2. The molecule has 0 saturated heterocycles. The van der Waals surface area contributed by atoms with E-state index in [2.05, 4.69) is 15.0 Å². The van der Waals surface area contributed by atoms with Crippen LogP contribution in [0.3, 0.4) is 0 Å². The smallest absolute Gasteiger partial charge is 0.444 e. The van der Waals surface area contributed by atoms with Crippen LogP contribution in [-0.2, 0) is 19.4 Å². The summed E-state index contributed by atoms with van der Waals surface area (Å²) in [5, 5.41) is 12.9. The number of rotatable bonds is 6. The van der Waals surface area contributed by atoms with Crippen LogP contribution in [-0.4, -0.2) is 43.8 Å². The zero-order valence-corrected chi connectivity index (χ0v) is 19.7. The highest BCUT2D eigenvalue weighted by Gasteiger charge is 2.36. The molecular formula is C20H22BN3O7S2. The molecule has 1 aromatic carbocycles. The number of aromatic nitrogens is 1. The Morgan fingerprint density at radius 2 is 2.09 bits per heavy atom. The molecule has 0 fully saturated rings. The Bertz CT molecular complexity index is 1250. The summed E-state index contributed by atoms with van der Waals surface area (Å²) in [7, 11) is -5.12. The Hall–Kier alpha value is -2.87. The maximum absolute atomic E-state index is 12.8. The number of nitrogens with one attached hydrogen (secondary N) is 2. The maximum Gasteiger partial charge on any atom is 0.492 e. The van der Waals surface area contributed by atoms with Crippen LogP contribution in [0, 0.1) is 0 Å². The normalized spacial score (nSPS) is 15.9. The predicted octanol–water partition coefficient (Wildman–Crippen LogP) is 2.49. The molecule has 0 bridgehead atoms. The molecule has 2 aromatic heterocycles. The summed E-state index contributed by atoms with van der Waals surface area (Å²) in [6.45, 7) is 5.35. The van der Waals surface area contributed by atoms with E-state index < -0.39 is 34.9 Å². The zero-order valence-electron chi connectivity index (χ0n) is 18.1. The number of amides is 1. The summed E-state index contributed by atoms with van der Waals surface area (Å²) in [4.78, 5) is 16.4. The van der Waals surface area contributed by atoms with Crippen molar-refractivity contribution in [1.82, 2.24) is 10.3 Å². The number of sulfonamides is 1. The Morgan fingerprint density at radius 3 is 2.79 bits per heavy atom. The second-order valence-electron chi connectivity index (χ2n) is 8.29. The van der Waals surface area contributed by atoms with Gasteiger partial charge in [0.1, 0.15) is 9.81 Å². The van der Waals surface area contributed by atoms with Gasteiger partial charge >= 0.3 is 13.2 Å². The largest absolute Gasteiger partial charge is 0.492 e. The van der Waals surface area contributed by atoms with E-state index in [1.165, 1.54) is 24.7 Å². The topological polar surface area (TPSA) is 140 Å². The fourth-order valence-electron chi connectivity index (χ4n) is 3.24. The molecule has 3 heterocycles. The standard InChI is InChI=1S/C20H22BN3O7S2/c1-20(2,3)30-19(25)23-10-15-13-5-4-12(8-14(13)21(26)31-15)24-33(27,28)18-7-6-17(32-18)16-9-22-11-29-16/h4-9,11,15,24,26H,10H2,1-3H3,(H,23,25). The van der Waals surface area contributed by atoms with Gasteiger partial charge in [0.15, 0.2) is 12.2 Å². The van der Waals surface area contributed by atoms with E-state index in [0.29, 0.717) is 21.7 Å². The van der Waals surface area contributed by atoms with Crippen LogP contribution in [0.4, 0.5) is 10.5 Å². The molecule has 0 spiro atoms. The van der Waals surface area contributed by atoms with Crippen LogP contribution >= 0.6 is 11.3 Å². The Labute approximate surface area is 195 Å². The molecule has 1 atom stereocenters. The van der Waals surface area contributed by atoms with Gasteiger partial charge in [0.05, 0.1) is 17.2 Å². The van der Waals surface area contributed by atoms with Crippen LogP contribution in [0.2, 0.25) is 0 Å². The minimum absolute atomic E-state index is 0.0870. The van der Waals surface area contributed by atoms with E-state index in [1.54, 1.807) is 39.0 Å². The van der Waals surface area contributed by atoms with E-state index in [4.69, 9.17) is 13.8 Å². The Kier molecular flexibility index (Phi) is 6.23. The third-order valence-electron chi connectivity index (χ3n) is 4.60. The van der Waals surface area contributed by atoms with Gasteiger partial charge in [-0.05, 0) is 56.1 Å². The van der Waals surface area contributed by atoms with Crippen molar-refractivity contribution in [2.24, 2.45) is 0 Å². The lowest BCUT2D eigenvalue weighted by Gasteiger charge is -2.21. The first-order valence-electron chi connectivity index (χ1n) is 9.97. The van der Waals surface area contributed by atoms with Crippen LogP contribution in [0.1, 0.15) is 32.4 Å². The monoisotopic (exact) mass is 491 g/mol. The van der Waals surface area contributed by atoms with Crippen LogP contribution in [0.25, 0.3) is 10.6 Å². The van der Waals surface area contributed by atoms with Gasteiger partial charge in [-0.1, -0.05) is 6.07 Å². The highest BCUT2D eigenvalue weighted by molar-refractivity contribution is 7.94. The number of benzene rings is 1. The maximum atomic E-state index is 12.8. The van der Waals surface area contributed by atoms with Crippen molar-refractivity contribution < 1.29 is 32.0 Å². The number of carbonyl (C=O) groups excluding carboxylic acids is 1. The van der Waals surface area contributed by atoms with Gasteiger partial charge in [-0.15, -0.1) is 11.3 Å². The molecule has 0 saturated carbocycles.